The molecule has 2 heterocycles. The molecule has 1 aliphatic rings. The molecule has 0 saturated carbocycles. The monoisotopic (exact) mass is 533 g/mol. The fourth-order valence-electron chi connectivity index (χ4n) is 3.75. The normalized spacial score (nSPS) is 13.7. The highest BCUT2D eigenvalue weighted by Crippen LogP contribution is 2.32. The van der Waals surface area contributed by atoms with Gasteiger partial charge in [-0.3, -0.25) is 4.79 Å². The molecule has 0 aliphatic carbocycles. The number of carbonyl (C=O) groups excluding carboxylic acids is 2. The van der Waals surface area contributed by atoms with Crippen molar-refractivity contribution >= 4 is 17.8 Å². The van der Waals surface area contributed by atoms with E-state index in [0.717, 1.165) is 6.07 Å². The molecule has 0 atom stereocenters. The van der Waals surface area contributed by atoms with Crippen LogP contribution in [0.1, 0.15) is 15.9 Å². The van der Waals surface area contributed by atoms with Crippen LogP contribution in [0.5, 0.6) is 11.6 Å². The Morgan fingerprint density at radius 3 is 2.29 bits per heavy atom. The molecule has 1 aromatic heterocycles. The van der Waals surface area contributed by atoms with Gasteiger partial charge in [-0.25, -0.2) is 9.18 Å². The number of carbonyl (C=O) groups is 2. The number of nitrogens with one attached hydrogen (secondary N) is 1. The zero-order valence-corrected chi connectivity index (χ0v) is 19.9. The smallest absolute Gasteiger partial charge is 0.417 e. The van der Waals surface area contributed by atoms with E-state index in [1.165, 1.54) is 53.4 Å². The lowest BCUT2D eigenvalue weighted by Crippen LogP contribution is -2.49. The number of amides is 2. The van der Waals surface area contributed by atoms with Crippen molar-refractivity contribution in [3.05, 3.63) is 77.6 Å². The number of halogens is 4. The number of hydrogen-bond acceptors (Lipinski definition) is 7. The Kier molecular flexibility index (Phi) is 8.24. The first-order valence-corrected chi connectivity index (χ1v) is 11.6. The Morgan fingerprint density at radius 1 is 0.921 bits per heavy atom. The van der Waals surface area contributed by atoms with Gasteiger partial charge in [-0.15, -0.1) is 10.2 Å². The Labute approximate surface area is 215 Å². The van der Waals surface area contributed by atoms with E-state index >= 15 is 0 Å². The topological polar surface area (TPSA) is 96.9 Å². The highest BCUT2D eigenvalue weighted by atomic mass is 19.4. The van der Waals surface area contributed by atoms with E-state index in [1.54, 1.807) is 6.07 Å². The van der Waals surface area contributed by atoms with Crippen molar-refractivity contribution in [1.29, 1.82) is 0 Å². The molecule has 0 bridgehead atoms. The van der Waals surface area contributed by atoms with Gasteiger partial charge in [0.15, 0.2) is 5.82 Å². The minimum Gasteiger partial charge on any atom is -0.492 e. The Hall–Kier alpha value is -4.42. The van der Waals surface area contributed by atoms with Crippen LogP contribution >= 0.6 is 0 Å². The molecule has 2 amide bonds. The zero-order chi connectivity index (χ0) is 27.1. The summed E-state index contributed by atoms with van der Waals surface area (Å²) in [6.45, 7) is 1.35. The molecule has 38 heavy (non-hydrogen) atoms. The molecule has 0 radical (unpaired) electrons. The summed E-state index contributed by atoms with van der Waals surface area (Å²) in [5, 5.41) is 10.4. The Morgan fingerprint density at radius 2 is 1.63 bits per heavy atom. The quantitative estimate of drug-likeness (QED) is 0.365. The van der Waals surface area contributed by atoms with Gasteiger partial charge < -0.3 is 24.6 Å². The van der Waals surface area contributed by atoms with Gasteiger partial charge >= 0.3 is 12.3 Å². The highest BCUT2D eigenvalue weighted by molar-refractivity contribution is 5.96. The van der Waals surface area contributed by atoms with Gasteiger partial charge in [-0.05, 0) is 42.5 Å². The second-order valence-electron chi connectivity index (χ2n) is 8.17. The summed E-state index contributed by atoms with van der Waals surface area (Å²) in [6, 6.07) is 13.2. The third-order valence-corrected chi connectivity index (χ3v) is 5.63. The van der Waals surface area contributed by atoms with Crippen LogP contribution in [0, 0.1) is 5.82 Å². The lowest BCUT2D eigenvalue weighted by molar-refractivity contribution is -0.138. The maximum Gasteiger partial charge on any atom is 0.417 e. The fourth-order valence-corrected chi connectivity index (χ4v) is 3.75. The number of rotatable bonds is 7. The molecule has 200 valence electrons. The predicted molar refractivity (Wildman–Crippen MR) is 128 cm³/mol. The van der Waals surface area contributed by atoms with Crippen LogP contribution in [0.25, 0.3) is 0 Å². The first kappa shape index (κ1) is 26.6. The van der Waals surface area contributed by atoms with Crippen LogP contribution in [0.4, 0.5) is 28.2 Å². The van der Waals surface area contributed by atoms with E-state index < -0.39 is 23.7 Å². The van der Waals surface area contributed by atoms with E-state index in [9.17, 15) is 27.2 Å². The maximum absolute atomic E-state index is 13.3. The van der Waals surface area contributed by atoms with Crippen molar-refractivity contribution in [2.45, 2.75) is 6.18 Å². The number of nitrogens with zero attached hydrogens (tertiary/aromatic N) is 4. The van der Waals surface area contributed by atoms with Crippen LogP contribution < -0.4 is 19.7 Å². The first-order valence-electron chi connectivity index (χ1n) is 11.6. The van der Waals surface area contributed by atoms with Gasteiger partial charge in [-0.1, -0.05) is 12.1 Å². The molecule has 4 rings (SSSR count). The fraction of sp³-hybridized carbons (Fsp3) is 0.280. The molecule has 13 heteroatoms. The molecule has 0 unspecified atom stereocenters. The van der Waals surface area contributed by atoms with Crippen LogP contribution in [0.15, 0.2) is 60.7 Å². The molecule has 1 N–H and O–H groups in total. The van der Waals surface area contributed by atoms with E-state index in [2.05, 4.69) is 15.5 Å². The van der Waals surface area contributed by atoms with E-state index in [-0.39, 0.29) is 43.5 Å². The molecule has 1 fully saturated rings. The zero-order valence-electron chi connectivity index (χ0n) is 19.9. The predicted octanol–water partition coefficient (Wildman–Crippen LogP) is 3.76. The minimum absolute atomic E-state index is 0.0386. The van der Waals surface area contributed by atoms with Gasteiger partial charge in [-0.2, -0.15) is 13.2 Å². The summed E-state index contributed by atoms with van der Waals surface area (Å²) >= 11 is 0. The number of benzene rings is 2. The number of hydrogen-bond donors (Lipinski definition) is 1. The van der Waals surface area contributed by atoms with Crippen molar-refractivity contribution in [1.82, 2.24) is 20.4 Å². The van der Waals surface area contributed by atoms with Crippen molar-refractivity contribution in [2.75, 3.05) is 44.2 Å². The average Bonchev–Trinajstić information content (AvgIpc) is 2.92. The third kappa shape index (κ3) is 6.87. The largest absolute Gasteiger partial charge is 0.492 e. The van der Waals surface area contributed by atoms with Crippen molar-refractivity contribution in [3.8, 4) is 11.6 Å². The Balaban J connectivity index is 1.22. The van der Waals surface area contributed by atoms with Crippen LogP contribution in [-0.2, 0) is 6.18 Å². The van der Waals surface area contributed by atoms with E-state index in [1.807, 2.05) is 4.90 Å². The number of aromatic nitrogens is 2. The lowest BCUT2D eigenvalue weighted by atomic mass is 10.1. The molecule has 0 spiro atoms. The summed E-state index contributed by atoms with van der Waals surface area (Å²) in [4.78, 5) is 27.9. The van der Waals surface area contributed by atoms with E-state index in [0.29, 0.717) is 24.7 Å². The van der Waals surface area contributed by atoms with Crippen LogP contribution in [0.3, 0.4) is 0 Å². The molecule has 9 nitrogen and oxygen atoms in total. The average molecular weight is 533 g/mol. The second-order valence-corrected chi connectivity index (χ2v) is 8.17. The summed E-state index contributed by atoms with van der Waals surface area (Å²) in [6.07, 6.45) is -5.39. The summed E-state index contributed by atoms with van der Waals surface area (Å²) in [7, 11) is 0. The van der Waals surface area contributed by atoms with Crippen LogP contribution in [0.2, 0.25) is 0 Å². The van der Waals surface area contributed by atoms with Gasteiger partial charge in [0, 0.05) is 32.2 Å². The molecule has 2 aromatic carbocycles. The molecular formula is C25H23F4N5O4. The summed E-state index contributed by atoms with van der Waals surface area (Å²) < 4.78 is 63.1. The summed E-state index contributed by atoms with van der Waals surface area (Å²) in [5.41, 5.74) is -1.34. The van der Waals surface area contributed by atoms with Gasteiger partial charge in [0.2, 0.25) is 5.88 Å². The molecule has 3 aromatic rings. The van der Waals surface area contributed by atoms with E-state index in [4.69, 9.17) is 9.47 Å². The van der Waals surface area contributed by atoms with Gasteiger partial charge in [0.1, 0.15) is 18.2 Å². The number of anilines is 1. The Bertz CT molecular complexity index is 1250. The number of ether oxygens (including phenoxy) is 2. The third-order valence-electron chi connectivity index (χ3n) is 5.63. The van der Waals surface area contributed by atoms with Crippen molar-refractivity contribution < 1.29 is 36.6 Å². The van der Waals surface area contributed by atoms with Gasteiger partial charge in [0.05, 0.1) is 17.7 Å². The van der Waals surface area contributed by atoms with Crippen molar-refractivity contribution in [2.24, 2.45) is 0 Å². The number of piperazine rings is 1. The molecule has 1 saturated heterocycles. The molecular weight excluding hydrogens is 510 g/mol. The highest BCUT2D eigenvalue weighted by Gasteiger charge is 2.36. The minimum atomic E-state index is -4.62. The first-order chi connectivity index (χ1) is 18.2. The number of alkyl halides is 3. The van der Waals surface area contributed by atoms with Crippen molar-refractivity contribution in [3.63, 3.8) is 0 Å². The second kappa shape index (κ2) is 11.8. The lowest BCUT2D eigenvalue weighted by Gasteiger charge is -2.35. The maximum atomic E-state index is 13.3. The molecule has 1 aliphatic heterocycles. The van der Waals surface area contributed by atoms with Crippen LogP contribution in [-0.4, -0.2) is 66.4 Å². The van der Waals surface area contributed by atoms with Gasteiger partial charge in [0.25, 0.3) is 5.91 Å². The summed E-state index contributed by atoms with van der Waals surface area (Å²) in [5.74, 6) is -0.174. The standard InChI is InChI=1S/C25H23F4N5O4/c26-17-5-7-18(8-6-17)37-16-11-30-24(36)38-22-10-9-21(31-32-22)33-12-14-34(15-13-33)23(35)19-3-1-2-4-20(19)25(27,28)29/h1-10H,11-16H2,(H,30,36). The SMILES string of the molecule is O=C(NCCOc1ccc(F)cc1)Oc1ccc(N2CCN(C(=O)c3ccccc3C(F)(F)F)CC2)nn1.